The highest BCUT2D eigenvalue weighted by molar-refractivity contribution is 6.69. The van der Waals surface area contributed by atoms with E-state index in [1.165, 1.54) is 0 Å². The fourth-order valence-corrected chi connectivity index (χ4v) is 1.14. The molecule has 0 rings (SSSR count). The van der Waals surface area contributed by atoms with Crippen LogP contribution in [0.4, 0.5) is 0 Å². The summed E-state index contributed by atoms with van der Waals surface area (Å²) in [6, 6.07) is 0.178. The van der Waals surface area contributed by atoms with Crippen LogP contribution in [0.5, 0.6) is 0 Å². The predicted octanol–water partition coefficient (Wildman–Crippen LogP) is 1.19. The van der Waals surface area contributed by atoms with Crippen molar-refractivity contribution in [3.8, 4) is 0 Å². The summed E-state index contributed by atoms with van der Waals surface area (Å²) in [4.78, 5) is 0. The molecule has 0 aromatic heterocycles. The van der Waals surface area contributed by atoms with Crippen molar-refractivity contribution < 1.29 is 4.43 Å². The van der Waals surface area contributed by atoms with E-state index in [-0.39, 0.29) is 6.04 Å². The Morgan fingerprint density at radius 2 is 1.89 bits per heavy atom. The topological polar surface area (TPSA) is 35.2 Å². The monoisotopic (exact) mass is 147 g/mol. The molecule has 0 saturated heterocycles. The maximum atomic E-state index is 5.50. The summed E-state index contributed by atoms with van der Waals surface area (Å²) in [6.07, 6.45) is 0. The van der Waals surface area contributed by atoms with Gasteiger partial charge in [-0.15, -0.1) is 0 Å². The maximum Gasteiger partial charge on any atom is 0.183 e. The molecule has 1 atom stereocenters. The molecule has 0 heterocycles. The Balaban J connectivity index is 3.28. The fourth-order valence-electron chi connectivity index (χ4n) is 0.381. The number of rotatable bonds is 3. The van der Waals surface area contributed by atoms with E-state index in [0.717, 1.165) is 0 Å². The highest BCUT2D eigenvalue weighted by Crippen LogP contribution is 2.01. The molecule has 9 heavy (non-hydrogen) atoms. The second kappa shape index (κ2) is 3.34. The summed E-state index contributed by atoms with van der Waals surface area (Å²) in [6.45, 7) is 9.15. The molecule has 2 N–H and O–H groups in total. The molecule has 3 heteroatoms. The summed E-state index contributed by atoms with van der Waals surface area (Å²) < 4.78 is 5.50. The van der Waals surface area contributed by atoms with E-state index in [1.807, 2.05) is 6.92 Å². The van der Waals surface area contributed by atoms with E-state index in [0.29, 0.717) is 6.61 Å². The van der Waals surface area contributed by atoms with Crippen molar-refractivity contribution in [3.63, 3.8) is 0 Å². The van der Waals surface area contributed by atoms with Crippen LogP contribution in [0, 0.1) is 0 Å². The summed E-state index contributed by atoms with van der Waals surface area (Å²) in [7, 11) is -1.30. The van der Waals surface area contributed by atoms with Crippen LogP contribution in [-0.2, 0) is 4.43 Å². The molecular formula is C6H17NOSi. The van der Waals surface area contributed by atoms with Gasteiger partial charge in [0.15, 0.2) is 8.32 Å². The van der Waals surface area contributed by atoms with E-state index < -0.39 is 8.32 Å². The van der Waals surface area contributed by atoms with Gasteiger partial charge in [0.1, 0.15) is 0 Å². The predicted molar refractivity (Wildman–Crippen MR) is 42.9 cm³/mol. The summed E-state index contributed by atoms with van der Waals surface area (Å²) >= 11 is 0. The molecule has 0 aromatic carbocycles. The van der Waals surface area contributed by atoms with Crippen LogP contribution in [-0.4, -0.2) is 21.0 Å². The Bertz CT molecular complexity index is 77.6. The first-order chi connectivity index (χ1) is 3.92. The molecule has 0 bridgehead atoms. The average molecular weight is 147 g/mol. The van der Waals surface area contributed by atoms with Gasteiger partial charge in [-0.05, 0) is 26.6 Å². The highest BCUT2D eigenvalue weighted by Gasteiger charge is 2.13. The third-order valence-electron chi connectivity index (χ3n) is 0.779. The summed E-state index contributed by atoms with van der Waals surface area (Å²) in [5.74, 6) is 0. The van der Waals surface area contributed by atoms with Gasteiger partial charge in [-0.3, -0.25) is 0 Å². The second-order valence-corrected chi connectivity index (χ2v) is 7.91. The van der Waals surface area contributed by atoms with Crippen LogP contribution in [0.3, 0.4) is 0 Å². The Kier molecular flexibility index (Phi) is 3.39. The molecular weight excluding hydrogens is 130 g/mol. The number of hydrogen-bond acceptors (Lipinski definition) is 2. The van der Waals surface area contributed by atoms with E-state index >= 15 is 0 Å². The van der Waals surface area contributed by atoms with Crippen LogP contribution in [0.2, 0.25) is 19.6 Å². The fraction of sp³-hybridized carbons (Fsp3) is 1.00. The zero-order valence-corrected chi connectivity index (χ0v) is 7.77. The largest absolute Gasteiger partial charge is 0.416 e. The zero-order chi connectivity index (χ0) is 7.49. The van der Waals surface area contributed by atoms with E-state index in [1.54, 1.807) is 0 Å². The van der Waals surface area contributed by atoms with Gasteiger partial charge in [0, 0.05) is 12.6 Å². The van der Waals surface area contributed by atoms with Crippen molar-refractivity contribution in [1.82, 2.24) is 0 Å². The zero-order valence-electron chi connectivity index (χ0n) is 6.77. The third kappa shape index (κ3) is 8.14. The molecule has 0 amide bonds. The lowest BCUT2D eigenvalue weighted by Gasteiger charge is -2.18. The number of hydrogen-bond donors (Lipinski definition) is 1. The molecule has 1 unspecified atom stereocenters. The van der Waals surface area contributed by atoms with Crippen molar-refractivity contribution >= 4 is 8.32 Å². The van der Waals surface area contributed by atoms with E-state index in [9.17, 15) is 0 Å². The summed E-state index contributed by atoms with van der Waals surface area (Å²) in [5.41, 5.74) is 5.50. The third-order valence-corrected chi connectivity index (χ3v) is 1.81. The van der Waals surface area contributed by atoms with Gasteiger partial charge in [-0.1, -0.05) is 0 Å². The minimum atomic E-state index is -1.30. The van der Waals surface area contributed by atoms with Gasteiger partial charge in [0.05, 0.1) is 0 Å². The van der Waals surface area contributed by atoms with E-state index in [2.05, 4.69) is 19.6 Å². The first-order valence-electron chi connectivity index (χ1n) is 3.31. The standard InChI is InChI=1S/C6H17NOSi/c1-6(7)5-8-9(2,3)4/h6H,5,7H2,1-4H3. The first kappa shape index (κ1) is 9.14. The lowest BCUT2D eigenvalue weighted by atomic mass is 10.4. The normalized spacial score (nSPS) is 15.7. The van der Waals surface area contributed by atoms with Crippen molar-refractivity contribution in [2.45, 2.75) is 32.6 Å². The Morgan fingerprint density at radius 1 is 1.44 bits per heavy atom. The van der Waals surface area contributed by atoms with Crippen molar-refractivity contribution in [2.75, 3.05) is 6.61 Å². The Hall–Kier alpha value is 0.137. The SMILES string of the molecule is CC(N)CO[Si](C)(C)C. The molecule has 0 saturated carbocycles. The smallest absolute Gasteiger partial charge is 0.183 e. The molecule has 0 aliphatic heterocycles. The van der Waals surface area contributed by atoms with Gasteiger partial charge in [0.25, 0.3) is 0 Å². The van der Waals surface area contributed by atoms with E-state index in [4.69, 9.17) is 10.2 Å². The average Bonchev–Trinajstić information content (AvgIpc) is 1.59. The van der Waals surface area contributed by atoms with Crippen LogP contribution in [0.25, 0.3) is 0 Å². The molecule has 0 spiro atoms. The molecule has 0 fully saturated rings. The van der Waals surface area contributed by atoms with Gasteiger partial charge < -0.3 is 10.2 Å². The van der Waals surface area contributed by atoms with Gasteiger partial charge in [-0.2, -0.15) is 0 Å². The number of nitrogens with two attached hydrogens (primary N) is 1. The minimum Gasteiger partial charge on any atom is -0.416 e. The first-order valence-corrected chi connectivity index (χ1v) is 6.72. The molecule has 0 radical (unpaired) electrons. The molecule has 0 aromatic rings. The second-order valence-electron chi connectivity index (χ2n) is 3.40. The highest BCUT2D eigenvalue weighted by atomic mass is 28.4. The van der Waals surface area contributed by atoms with Crippen LogP contribution in [0.1, 0.15) is 6.92 Å². The van der Waals surface area contributed by atoms with Gasteiger partial charge in [-0.25, -0.2) is 0 Å². The molecule has 56 valence electrons. The Morgan fingerprint density at radius 3 is 2.00 bits per heavy atom. The lowest BCUT2D eigenvalue weighted by Crippen LogP contribution is -2.32. The van der Waals surface area contributed by atoms with Crippen molar-refractivity contribution in [1.29, 1.82) is 0 Å². The van der Waals surface area contributed by atoms with Crippen molar-refractivity contribution in [3.05, 3.63) is 0 Å². The van der Waals surface area contributed by atoms with Gasteiger partial charge >= 0.3 is 0 Å². The lowest BCUT2D eigenvalue weighted by molar-refractivity contribution is 0.290. The van der Waals surface area contributed by atoms with Crippen LogP contribution < -0.4 is 5.73 Å². The molecule has 0 aliphatic rings. The van der Waals surface area contributed by atoms with Crippen LogP contribution in [0.15, 0.2) is 0 Å². The minimum absolute atomic E-state index is 0.178. The summed E-state index contributed by atoms with van der Waals surface area (Å²) in [5, 5.41) is 0. The molecule has 2 nitrogen and oxygen atoms in total. The van der Waals surface area contributed by atoms with Crippen molar-refractivity contribution in [2.24, 2.45) is 5.73 Å². The Labute approximate surface area is 58.5 Å². The quantitative estimate of drug-likeness (QED) is 0.608. The molecule has 0 aliphatic carbocycles. The maximum absolute atomic E-state index is 5.50. The van der Waals surface area contributed by atoms with Gasteiger partial charge in [0.2, 0.25) is 0 Å². The van der Waals surface area contributed by atoms with Crippen LogP contribution >= 0.6 is 0 Å².